The van der Waals surface area contributed by atoms with E-state index in [0.717, 1.165) is 38.8 Å². The van der Waals surface area contributed by atoms with E-state index in [0.29, 0.717) is 13.1 Å². The quantitative estimate of drug-likeness (QED) is 0.705. The molecule has 1 fully saturated rings. The number of hydrogen-bond acceptors (Lipinski definition) is 3. The van der Waals surface area contributed by atoms with E-state index < -0.39 is 0 Å². The van der Waals surface area contributed by atoms with Gasteiger partial charge in [0.05, 0.1) is 12.6 Å². The van der Waals surface area contributed by atoms with E-state index >= 15 is 0 Å². The predicted molar refractivity (Wildman–Crippen MR) is 64.2 cm³/mol. The number of likely N-dealkylation sites (tertiary alicyclic amines) is 1. The van der Waals surface area contributed by atoms with Gasteiger partial charge >= 0.3 is 0 Å². The number of nitrogens with one attached hydrogen (secondary N) is 1. The first-order chi connectivity index (χ1) is 7.74. The number of rotatable bonds is 6. The summed E-state index contributed by atoms with van der Waals surface area (Å²) in [6, 6.07) is 0. The molecule has 1 heterocycles. The second-order valence-electron chi connectivity index (χ2n) is 4.51. The van der Waals surface area contributed by atoms with E-state index in [1.807, 2.05) is 11.8 Å². The first kappa shape index (κ1) is 13.5. The topological polar surface area (TPSA) is 52.6 Å². The lowest BCUT2D eigenvalue weighted by molar-refractivity contribution is -0.131. The molecule has 1 atom stereocenters. The summed E-state index contributed by atoms with van der Waals surface area (Å²) in [5.41, 5.74) is 0. The Bertz CT molecular complexity index is 203. The van der Waals surface area contributed by atoms with E-state index in [2.05, 4.69) is 5.32 Å². The third-order valence-corrected chi connectivity index (χ3v) is 2.99. The molecule has 16 heavy (non-hydrogen) atoms. The van der Waals surface area contributed by atoms with Gasteiger partial charge in [-0.25, -0.2) is 0 Å². The minimum atomic E-state index is -0.320. The first-order valence-electron chi connectivity index (χ1n) is 6.40. The third-order valence-electron chi connectivity index (χ3n) is 2.99. The van der Waals surface area contributed by atoms with Crippen molar-refractivity contribution in [1.82, 2.24) is 10.2 Å². The molecule has 2 N–H and O–H groups in total. The van der Waals surface area contributed by atoms with Gasteiger partial charge < -0.3 is 15.3 Å². The number of amides is 1. The van der Waals surface area contributed by atoms with Gasteiger partial charge in [-0.2, -0.15) is 0 Å². The SMILES string of the molecule is CCCC(O)CNCC(=O)N1CCCCC1. The van der Waals surface area contributed by atoms with Gasteiger partial charge in [-0.05, 0) is 25.7 Å². The molecule has 4 nitrogen and oxygen atoms in total. The van der Waals surface area contributed by atoms with Crippen molar-refractivity contribution in [2.45, 2.75) is 45.1 Å². The lowest BCUT2D eigenvalue weighted by Gasteiger charge is -2.27. The lowest BCUT2D eigenvalue weighted by Crippen LogP contribution is -2.42. The summed E-state index contributed by atoms with van der Waals surface area (Å²) in [6.07, 6.45) is 4.95. The maximum absolute atomic E-state index is 11.7. The van der Waals surface area contributed by atoms with Gasteiger partial charge in [-0.15, -0.1) is 0 Å². The van der Waals surface area contributed by atoms with Crippen LogP contribution in [0.5, 0.6) is 0 Å². The molecule has 0 radical (unpaired) electrons. The Morgan fingerprint density at radius 2 is 2.06 bits per heavy atom. The number of piperidine rings is 1. The predicted octanol–water partition coefficient (Wildman–Crippen LogP) is 0.749. The van der Waals surface area contributed by atoms with Crippen LogP contribution >= 0.6 is 0 Å². The van der Waals surface area contributed by atoms with E-state index in [9.17, 15) is 9.90 Å². The molecule has 1 aliphatic rings. The molecule has 4 heteroatoms. The van der Waals surface area contributed by atoms with Gasteiger partial charge in [0, 0.05) is 19.6 Å². The standard InChI is InChI=1S/C12H24N2O2/c1-2-6-11(15)9-13-10-12(16)14-7-4-3-5-8-14/h11,13,15H,2-10H2,1H3. The van der Waals surface area contributed by atoms with Crippen LogP contribution in [0.15, 0.2) is 0 Å². The van der Waals surface area contributed by atoms with Crippen LogP contribution in [0.2, 0.25) is 0 Å². The summed E-state index contributed by atoms with van der Waals surface area (Å²) >= 11 is 0. The summed E-state index contributed by atoms with van der Waals surface area (Å²) in [5.74, 6) is 0.170. The van der Waals surface area contributed by atoms with Crippen LogP contribution in [0.25, 0.3) is 0 Å². The highest BCUT2D eigenvalue weighted by Gasteiger charge is 2.15. The molecule has 0 aromatic rings. The van der Waals surface area contributed by atoms with Crippen molar-refractivity contribution in [3.63, 3.8) is 0 Å². The highest BCUT2D eigenvalue weighted by molar-refractivity contribution is 5.78. The van der Waals surface area contributed by atoms with Crippen LogP contribution in [-0.2, 0) is 4.79 Å². The van der Waals surface area contributed by atoms with Crippen LogP contribution < -0.4 is 5.32 Å². The van der Waals surface area contributed by atoms with Crippen molar-refractivity contribution >= 4 is 5.91 Å². The molecule has 0 spiro atoms. The number of nitrogens with zero attached hydrogens (tertiary/aromatic N) is 1. The molecule has 0 aliphatic carbocycles. The molecular weight excluding hydrogens is 204 g/mol. The first-order valence-corrected chi connectivity index (χ1v) is 6.40. The van der Waals surface area contributed by atoms with E-state index in [4.69, 9.17) is 0 Å². The number of aliphatic hydroxyl groups excluding tert-OH is 1. The second-order valence-corrected chi connectivity index (χ2v) is 4.51. The molecule has 1 saturated heterocycles. The van der Waals surface area contributed by atoms with Gasteiger partial charge in [0.15, 0.2) is 0 Å². The summed E-state index contributed by atoms with van der Waals surface area (Å²) in [5, 5.41) is 12.5. The van der Waals surface area contributed by atoms with Crippen LogP contribution in [0, 0.1) is 0 Å². The van der Waals surface area contributed by atoms with Crippen LogP contribution in [0.1, 0.15) is 39.0 Å². The Hall–Kier alpha value is -0.610. The Morgan fingerprint density at radius 1 is 1.38 bits per heavy atom. The van der Waals surface area contributed by atoms with Gasteiger partial charge in [-0.1, -0.05) is 13.3 Å². The van der Waals surface area contributed by atoms with Crippen LogP contribution in [0.3, 0.4) is 0 Å². The Kier molecular flexibility index (Phi) is 6.42. The largest absolute Gasteiger partial charge is 0.392 e. The molecule has 1 unspecified atom stereocenters. The van der Waals surface area contributed by atoms with Gasteiger partial charge in [0.25, 0.3) is 0 Å². The molecule has 1 amide bonds. The number of carbonyl (C=O) groups is 1. The van der Waals surface area contributed by atoms with E-state index in [-0.39, 0.29) is 12.0 Å². The van der Waals surface area contributed by atoms with Gasteiger partial charge in [0.2, 0.25) is 5.91 Å². The fourth-order valence-electron chi connectivity index (χ4n) is 2.04. The molecule has 0 bridgehead atoms. The summed E-state index contributed by atoms with van der Waals surface area (Å²) in [7, 11) is 0. The fraction of sp³-hybridized carbons (Fsp3) is 0.917. The second kappa shape index (κ2) is 7.63. The zero-order valence-corrected chi connectivity index (χ0v) is 10.2. The monoisotopic (exact) mass is 228 g/mol. The Balaban J connectivity index is 2.09. The maximum Gasteiger partial charge on any atom is 0.236 e. The van der Waals surface area contributed by atoms with E-state index in [1.54, 1.807) is 0 Å². The molecule has 0 aromatic carbocycles. The van der Waals surface area contributed by atoms with Gasteiger partial charge in [0.1, 0.15) is 0 Å². The smallest absolute Gasteiger partial charge is 0.236 e. The zero-order chi connectivity index (χ0) is 11.8. The Labute approximate surface area is 98.0 Å². The molecule has 0 saturated carbocycles. The molecule has 1 aliphatic heterocycles. The van der Waals surface area contributed by atoms with Crippen molar-refractivity contribution in [3.8, 4) is 0 Å². The molecular formula is C12H24N2O2. The molecule has 0 aromatic heterocycles. The number of hydrogen-bond donors (Lipinski definition) is 2. The van der Waals surface area contributed by atoms with E-state index in [1.165, 1.54) is 6.42 Å². The van der Waals surface area contributed by atoms with Gasteiger partial charge in [-0.3, -0.25) is 4.79 Å². The van der Waals surface area contributed by atoms with Crippen molar-refractivity contribution in [1.29, 1.82) is 0 Å². The summed E-state index contributed by atoms with van der Waals surface area (Å²) < 4.78 is 0. The maximum atomic E-state index is 11.7. The average Bonchev–Trinajstić information content (AvgIpc) is 2.30. The summed E-state index contributed by atoms with van der Waals surface area (Å²) in [6.45, 7) is 4.73. The average molecular weight is 228 g/mol. The Morgan fingerprint density at radius 3 is 2.69 bits per heavy atom. The van der Waals surface area contributed by atoms with Crippen molar-refractivity contribution in [2.75, 3.05) is 26.2 Å². The van der Waals surface area contributed by atoms with Crippen molar-refractivity contribution < 1.29 is 9.90 Å². The van der Waals surface area contributed by atoms with Crippen molar-refractivity contribution in [3.05, 3.63) is 0 Å². The minimum absolute atomic E-state index is 0.170. The van der Waals surface area contributed by atoms with Crippen molar-refractivity contribution in [2.24, 2.45) is 0 Å². The number of carbonyl (C=O) groups excluding carboxylic acids is 1. The molecule has 94 valence electrons. The highest BCUT2D eigenvalue weighted by Crippen LogP contribution is 2.08. The number of aliphatic hydroxyl groups is 1. The van der Waals surface area contributed by atoms with Crippen LogP contribution in [0.4, 0.5) is 0 Å². The zero-order valence-electron chi connectivity index (χ0n) is 10.2. The normalized spacial score (nSPS) is 18.5. The highest BCUT2D eigenvalue weighted by atomic mass is 16.3. The third kappa shape index (κ3) is 4.94. The molecule has 1 rings (SSSR count). The van der Waals surface area contributed by atoms with Crippen LogP contribution in [-0.4, -0.2) is 48.2 Å². The fourth-order valence-corrected chi connectivity index (χ4v) is 2.04. The lowest BCUT2D eigenvalue weighted by atomic mass is 10.1. The summed E-state index contributed by atoms with van der Waals surface area (Å²) in [4.78, 5) is 13.6. The minimum Gasteiger partial charge on any atom is -0.392 e.